The zero-order valence-electron chi connectivity index (χ0n) is 16.7. The van der Waals surface area contributed by atoms with Crippen molar-refractivity contribution >= 4 is 10.2 Å². The fourth-order valence-electron chi connectivity index (χ4n) is 3.00. The zero-order valence-corrected chi connectivity index (χ0v) is 17.5. The van der Waals surface area contributed by atoms with Crippen LogP contribution in [0.25, 0.3) is 0 Å². The molecule has 1 aromatic carbocycles. The highest BCUT2D eigenvalue weighted by Crippen LogP contribution is 2.26. The van der Waals surface area contributed by atoms with Gasteiger partial charge in [0.05, 0.1) is 27.4 Å². The maximum atomic E-state index is 12.8. The summed E-state index contributed by atoms with van der Waals surface area (Å²) in [6.07, 6.45) is 0.749. The van der Waals surface area contributed by atoms with Crippen molar-refractivity contribution in [1.82, 2.24) is 13.5 Å². The van der Waals surface area contributed by atoms with Gasteiger partial charge in [0.25, 0.3) is 10.2 Å². The summed E-state index contributed by atoms with van der Waals surface area (Å²) in [4.78, 5) is 2.30. The topological polar surface area (TPSA) is 71.5 Å². The Bertz CT molecular complexity index is 690. The number of nitrogens with zero attached hydrogens (tertiary/aromatic N) is 3. The molecule has 8 nitrogen and oxygen atoms in total. The highest BCUT2D eigenvalue weighted by Gasteiger charge is 2.26. The lowest BCUT2D eigenvalue weighted by atomic mass is 10.2. The molecule has 0 spiro atoms. The summed E-state index contributed by atoms with van der Waals surface area (Å²) in [6.45, 7) is 4.76. The molecule has 0 aromatic heterocycles. The van der Waals surface area contributed by atoms with Gasteiger partial charge in [0.1, 0.15) is 11.5 Å². The highest BCUT2D eigenvalue weighted by atomic mass is 32.2. The molecular formula is C18H31N3O5S. The molecule has 1 aliphatic heterocycles. The molecule has 0 amide bonds. The highest BCUT2D eigenvalue weighted by molar-refractivity contribution is 7.86. The second-order valence-electron chi connectivity index (χ2n) is 6.61. The Balaban J connectivity index is 2.13. The molecule has 154 valence electrons. The predicted octanol–water partition coefficient (Wildman–Crippen LogP) is 1.03. The first-order chi connectivity index (χ1) is 12.9. The molecule has 0 N–H and O–H groups in total. The minimum atomic E-state index is -3.56. The third-order valence-electron chi connectivity index (χ3n) is 4.61. The van der Waals surface area contributed by atoms with Crippen LogP contribution < -0.4 is 9.47 Å². The quantitative estimate of drug-likeness (QED) is 0.583. The van der Waals surface area contributed by atoms with Gasteiger partial charge in [-0.1, -0.05) is 0 Å². The van der Waals surface area contributed by atoms with Gasteiger partial charge in [0.15, 0.2) is 0 Å². The number of ether oxygens (including phenoxy) is 3. The van der Waals surface area contributed by atoms with Crippen LogP contribution in [0.2, 0.25) is 0 Å². The van der Waals surface area contributed by atoms with Gasteiger partial charge in [-0.25, -0.2) is 0 Å². The Morgan fingerprint density at radius 2 is 1.85 bits per heavy atom. The fraction of sp³-hybridized carbons (Fsp3) is 0.667. The minimum Gasteiger partial charge on any atom is -0.497 e. The van der Waals surface area contributed by atoms with Crippen molar-refractivity contribution in [3.8, 4) is 11.5 Å². The molecule has 0 saturated carbocycles. The standard InChI is InChI=1S/C18H31N3O5S/c1-19(2)27(22,23)21(9-5-8-20-10-12-26-13-11-20)15-16-14-17(24-3)6-7-18(16)25-4/h6-7,14H,5,8-13,15H2,1-4H3. The van der Waals surface area contributed by atoms with Crippen LogP contribution in [0, 0.1) is 0 Å². The van der Waals surface area contributed by atoms with E-state index in [1.807, 2.05) is 6.07 Å². The minimum absolute atomic E-state index is 0.226. The van der Waals surface area contributed by atoms with Crippen LogP contribution in [-0.2, 0) is 21.5 Å². The third kappa shape index (κ3) is 6.05. The fourth-order valence-corrected chi connectivity index (χ4v) is 4.12. The second-order valence-corrected chi connectivity index (χ2v) is 8.75. The van der Waals surface area contributed by atoms with Gasteiger partial charge in [0, 0.05) is 45.8 Å². The molecule has 27 heavy (non-hydrogen) atoms. The first-order valence-corrected chi connectivity index (χ1v) is 10.5. The van der Waals surface area contributed by atoms with Crippen molar-refractivity contribution in [2.45, 2.75) is 13.0 Å². The van der Waals surface area contributed by atoms with E-state index in [4.69, 9.17) is 14.2 Å². The van der Waals surface area contributed by atoms with Gasteiger partial charge in [-0.2, -0.15) is 17.0 Å². The summed E-state index contributed by atoms with van der Waals surface area (Å²) in [5.41, 5.74) is 0.772. The Hall–Kier alpha value is -1.39. The van der Waals surface area contributed by atoms with Crippen LogP contribution in [0.4, 0.5) is 0 Å². The van der Waals surface area contributed by atoms with Crippen molar-refractivity contribution < 1.29 is 22.6 Å². The summed E-state index contributed by atoms with van der Waals surface area (Å²) in [5, 5.41) is 0. The lowest BCUT2D eigenvalue weighted by Crippen LogP contribution is -2.42. The number of morpholine rings is 1. The van der Waals surface area contributed by atoms with E-state index in [-0.39, 0.29) is 6.54 Å². The monoisotopic (exact) mass is 401 g/mol. The first kappa shape index (κ1) is 21.9. The summed E-state index contributed by atoms with van der Waals surface area (Å²) in [7, 11) is 2.70. The van der Waals surface area contributed by atoms with Gasteiger partial charge < -0.3 is 14.2 Å². The Labute approximate surface area is 162 Å². The molecule has 0 bridgehead atoms. The molecule has 0 unspecified atom stereocenters. The maximum absolute atomic E-state index is 12.8. The normalized spacial score (nSPS) is 16.1. The number of hydrogen-bond donors (Lipinski definition) is 0. The van der Waals surface area contributed by atoms with E-state index in [2.05, 4.69) is 4.90 Å². The summed E-state index contributed by atoms with van der Waals surface area (Å²) >= 11 is 0. The summed E-state index contributed by atoms with van der Waals surface area (Å²) in [6, 6.07) is 5.41. The first-order valence-electron chi connectivity index (χ1n) is 9.07. The van der Waals surface area contributed by atoms with E-state index >= 15 is 0 Å². The number of benzene rings is 1. The van der Waals surface area contributed by atoms with Gasteiger partial charge in [-0.3, -0.25) is 4.90 Å². The molecule has 1 aliphatic rings. The molecule has 0 atom stereocenters. The van der Waals surface area contributed by atoms with E-state index in [0.29, 0.717) is 18.0 Å². The maximum Gasteiger partial charge on any atom is 0.281 e. The van der Waals surface area contributed by atoms with Crippen LogP contribution in [0.5, 0.6) is 11.5 Å². The van der Waals surface area contributed by atoms with Crippen LogP contribution in [0.15, 0.2) is 18.2 Å². The third-order valence-corrected chi connectivity index (χ3v) is 6.49. The van der Waals surface area contributed by atoms with Crippen molar-refractivity contribution in [3.63, 3.8) is 0 Å². The van der Waals surface area contributed by atoms with E-state index in [1.165, 1.54) is 8.61 Å². The molecule has 1 fully saturated rings. The van der Waals surface area contributed by atoms with Crippen LogP contribution in [0.3, 0.4) is 0 Å². The molecule has 1 saturated heterocycles. The van der Waals surface area contributed by atoms with Crippen LogP contribution in [0.1, 0.15) is 12.0 Å². The second kappa shape index (κ2) is 10.2. The van der Waals surface area contributed by atoms with E-state index in [1.54, 1.807) is 40.4 Å². The Morgan fingerprint density at radius 1 is 1.15 bits per heavy atom. The van der Waals surface area contributed by atoms with E-state index in [0.717, 1.165) is 44.8 Å². The number of methoxy groups -OCH3 is 2. The van der Waals surface area contributed by atoms with Crippen LogP contribution >= 0.6 is 0 Å². The average molecular weight is 402 g/mol. The number of hydrogen-bond acceptors (Lipinski definition) is 6. The van der Waals surface area contributed by atoms with Gasteiger partial charge >= 0.3 is 0 Å². The van der Waals surface area contributed by atoms with Gasteiger partial charge in [-0.05, 0) is 31.2 Å². The van der Waals surface area contributed by atoms with Crippen molar-refractivity contribution in [2.24, 2.45) is 0 Å². The largest absolute Gasteiger partial charge is 0.497 e. The van der Waals surface area contributed by atoms with Crippen molar-refractivity contribution in [1.29, 1.82) is 0 Å². The van der Waals surface area contributed by atoms with Crippen molar-refractivity contribution in [3.05, 3.63) is 23.8 Å². The van der Waals surface area contributed by atoms with Gasteiger partial charge in [-0.15, -0.1) is 0 Å². The molecule has 0 aliphatic carbocycles. The molecule has 1 heterocycles. The van der Waals surface area contributed by atoms with Gasteiger partial charge in [0.2, 0.25) is 0 Å². The lowest BCUT2D eigenvalue weighted by Gasteiger charge is -2.29. The average Bonchev–Trinajstić information content (AvgIpc) is 2.67. The Kier molecular flexibility index (Phi) is 8.30. The van der Waals surface area contributed by atoms with Crippen LogP contribution in [-0.4, -0.2) is 89.6 Å². The zero-order chi connectivity index (χ0) is 19.9. The smallest absolute Gasteiger partial charge is 0.281 e. The van der Waals surface area contributed by atoms with E-state index < -0.39 is 10.2 Å². The number of rotatable bonds is 10. The predicted molar refractivity (Wildman–Crippen MR) is 104 cm³/mol. The SMILES string of the molecule is COc1ccc(OC)c(CN(CCCN2CCOCC2)S(=O)(=O)N(C)C)c1. The molecular weight excluding hydrogens is 370 g/mol. The summed E-state index contributed by atoms with van der Waals surface area (Å²) < 4.78 is 44.4. The Morgan fingerprint density at radius 3 is 2.44 bits per heavy atom. The lowest BCUT2D eigenvalue weighted by molar-refractivity contribution is 0.0368. The van der Waals surface area contributed by atoms with E-state index in [9.17, 15) is 8.42 Å². The molecule has 9 heteroatoms. The molecule has 2 rings (SSSR count). The summed E-state index contributed by atoms with van der Waals surface area (Å²) in [5.74, 6) is 1.31. The molecule has 1 aromatic rings. The molecule has 0 radical (unpaired) electrons. The van der Waals surface area contributed by atoms with Crippen molar-refractivity contribution in [2.75, 3.05) is 67.7 Å².